The highest BCUT2D eigenvalue weighted by Crippen LogP contribution is 2.43. The maximum atomic E-state index is 12.9. The van der Waals surface area contributed by atoms with Crippen LogP contribution in [0.1, 0.15) is 57.8 Å². The van der Waals surface area contributed by atoms with Crippen molar-refractivity contribution in [1.29, 1.82) is 0 Å². The highest BCUT2D eigenvalue weighted by molar-refractivity contribution is 5.77. The Kier molecular flexibility index (Phi) is 4.12. The molecule has 0 saturated carbocycles. The van der Waals surface area contributed by atoms with E-state index in [-0.39, 0.29) is 18.2 Å². The van der Waals surface area contributed by atoms with E-state index in [0.29, 0.717) is 0 Å². The smallest absolute Gasteiger partial charge is 0.411 e. The van der Waals surface area contributed by atoms with Crippen molar-refractivity contribution >= 4 is 6.09 Å². The second kappa shape index (κ2) is 5.97. The number of benzene rings is 2. The molecule has 1 amide bonds. The number of carbonyl (C=O) groups excluding carboxylic acids is 1. The Bertz CT molecular complexity index is 709. The predicted molar refractivity (Wildman–Crippen MR) is 96.8 cm³/mol. The van der Waals surface area contributed by atoms with Gasteiger partial charge in [-0.2, -0.15) is 0 Å². The molecule has 2 aromatic rings. The minimum atomic E-state index is -0.512. The van der Waals surface area contributed by atoms with E-state index < -0.39 is 5.60 Å². The average Bonchev–Trinajstić information content (AvgIpc) is 2.61. The van der Waals surface area contributed by atoms with E-state index >= 15 is 0 Å². The van der Waals surface area contributed by atoms with Gasteiger partial charge in [0.25, 0.3) is 0 Å². The molecule has 126 valence electrons. The van der Waals surface area contributed by atoms with E-state index in [2.05, 4.69) is 50.2 Å². The predicted octanol–water partition coefficient (Wildman–Crippen LogP) is 5.73. The molecule has 3 rings (SSSR count). The summed E-state index contributed by atoms with van der Waals surface area (Å²) in [5.74, 6) is 0. The number of rotatable bonds is 0. The second-order valence-corrected chi connectivity index (χ2v) is 7.41. The van der Waals surface area contributed by atoms with Gasteiger partial charge < -0.3 is 4.74 Å². The van der Waals surface area contributed by atoms with Gasteiger partial charge in [0.15, 0.2) is 0 Å². The summed E-state index contributed by atoms with van der Waals surface area (Å²) in [4.78, 5) is 14.8. The molecule has 0 aliphatic carbocycles. The molecule has 0 spiro atoms. The van der Waals surface area contributed by atoms with Gasteiger partial charge in [0.05, 0.1) is 12.1 Å². The lowest BCUT2D eigenvalue weighted by molar-refractivity contribution is 0.00833. The monoisotopic (exact) mass is 323 g/mol. The van der Waals surface area contributed by atoms with E-state index in [0.717, 1.165) is 11.1 Å². The Morgan fingerprint density at radius 1 is 0.875 bits per heavy atom. The Morgan fingerprint density at radius 3 is 1.71 bits per heavy atom. The largest absolute Gasteiger partial charge is 0.444 e. The summed E-state index contributed by atoms with van der Waals surface area (Å²) in [6.45, 7) is 9.86. The first kappa shape index (κ1) is 16.6. The minimum Gasteiger partial charge on any atom is -0.444 e. The zero-order chi connectivity index (χ0) is 17.5. The number of fused-ring (bicyclic) bond motifs is 3. The van der Waals surface area contributed by atoms with Gasteiger partial charge in [0.2, 0.25) is 0 Å². The molecule has 2 atom stereocenters. The maximum absolute atomic E-state index is 12.9. The van der Waals surface area contributed by atoms with Crippen molar-refractivity contribution in [3.05, 3.63) is 59.7 Å². The van der Waals surface area contributed by atoms with E-state index in [1.165, 1.54) is 11.1 Å². The van der Waals surface area contributed by atoms with Crippen LogP contribution in [0.3, 0.4) is 0 Å². The first-order valence-electron chi connectivity index (χ1n) is 8.49. The van der Waals surface area contributed by atoms with Crippen molar-refractivity contribution in [2.24, 2.45) is 0 Å². The maximum Gasteiger partial charge on any atom is 0.411 e. The normalized spacial score (nSPS) is 20.0. The SMILES string of the molecule is C[C@@H]1c2ccccc2-c2ccccc2[C@@H](C)N1C(=O)OC(C)(C)C. The molecule has 1 heterocycles. The number of amides is 1. The van der Waals surface area contributed by atoms with Crippen LogP contribution >= 0.6 is 0 Å². The van der Waals surface area contributed by atoms with Crippen LogP contribution in [0.2, 0.25) is 0 Å². The van der Waals surface area contributed by atoms with Crippen LogP contribution in [0.5, 0.6) is 0 Å². The van der Waals surface area contributed by atoms with E-state index in [1.54, 1.807) is 0 Å². The summed E-state index contributed by atoms with van der Waals surface area (Å²) < 4.78 is 5.69. The topological polar surface area (TPSA) is 29.5 Å². The lowest BCUT2D eigenvalue weighted by atomic mass is 9.93. The molecule has 24 heavy (non-hydrogen) atoms. The molecule has 0 saturated heterocycles. The molecular formula is C21H25NO2. The second-order valence-electron chi connectivity index (χ2n) is 7.41. The van der Waals surface area contributed by atoms with Gasteiger partial charge in [-0.1, -0.05) is 48.5 Å². The summed E-state index contributed by atoms with van der Waals surface area (Å²) in [5, 5.41) is 0. The van der Waals surface area contributed by atoms with Crippen molar-refractivity contribution < 1.29 is 9.53 Å². The molecule has 0 unspecified atom stereocenters. The number of carbonyl (C=O) groups is 1. The fourth-order valence-corrected chi connectivity index (χ4v) is 3.48. The number of nitrogens with zero attached hydrogens (tertiary/aromatic N) is 1. The van der Waals surface area contributed by atoms with Crippen LogP contribution in [0.15, 0.2) is 48.5 Å². The third kappa shape index (κ3) is 2.91. The molecule has 0 radical (unpaired) electrons. The molecule has 3 heteroatoms. The first-order chi connectivity index (χ1) is 11.3. The molecule has 1 aliphatic heterocycles. The van der Waals surface area contributed by atoms with Crippen LogP contribution < -0.4 is 0 Å². The van der Waals surface area contributed by atoms with Gasteiger partial charge in [-0.15, -0.1) is 0 Å². The zero-order valence-corrected chi connectivity index (χ0v) is 15.0. The van der Waals surface area contributed by atoms with Crippen molar-refractivity contribution in [2.45, 2.75) is 52.3 Å². The van der Waals surface area contributed by atoms with E-state index in [9.17, 15) is 4.79 Å². The van der Waals surface area contributed by atoms with Gasteiger partial charge in [0, 0.05) is 0 Å². The third-order valence-electron chi connectivity index (χ3n) is 4.55. The highest BCUT2D eigenvalue weighted by atomic mass is 16.6. The van der Waals surface area contributed by atoms with Crippen LogP contribution in [0, 0.1) is 0 Å². The lowest BCUT2D eigenvalue weighted by Gasteiger charge is -2.35. The van der Waals surface area contributed by atoms with Crippen molar-refractivity contribution in [3.63, 3.8) is 0 Å². The van der Waals surface area contributed by atoms with Gasteiger partial charge in [0.1, 0.15) is 5.60 Å². The molecule has 0 fully saturated rings. The molecule has 0 N–H and O–H groups in total. The first-order valence-corrected chi connectivity index (χ1v) is 8.49. The van der Waals surface area contributed by atoms with Gasteiger partial charge >= 0.3 is 6.09 Å². The van der Waals surface area contributed by atoms with Crippen LogP contribution in [0.4, 0.5) is 4.79 Å². The lowest BCUT2D eigenvalue weighted by Crippen LogP contribution is -2.39. The summed E-state index contributed by atoms with van der Waals surface area (Å²) in [6.07, 6.45) is -0.269. The Balaban J connectivity index is 2.15. The fraction of sp³-hybridized carbons (Fsp3) is 0.381. The molecule has 3 nitrogen and oxygen atoms in total. The van der Waals surface area contributed by atoms with Crippen molar-refractivity contribution in [2.75, 3.05) is 0 Å². The molecule has 2 aromatic carbocycles. The van der Waals surface area contributed by atoms with Crippen LogP contribution in [-0.2, 0) is 4.74 Å². The summed E-state index contributed by atoms with van der Waals surface area (Å²) in [6, 6.07) is 16.5. The quantitative estimate of drug-likeness (QED) is 0.620. The number of hydrogen-bond acceptors (Lipinski definition) is 2. The molecular weight excluding hydrogens is 298 g/mol. The zero-order valence-electron chi connectivity index (χ0n) is 15.0. The van der Waals surface area contributed by atoms with Crippen LogP contribution in [0.25, 0.3) is 11.1 Å². The number of hydrogen-bond donors (Lipinski definition) is 0. The Labute approximate surface area is 144 Å². The van der Waals surface area contributed by atoms with Crippen molar-refractivity contribution in [3.8, 4) is 11.1 Å². The Hall–Kier alpha value is -2.29. The number of ether oxygens (including phenoxy) is 1. The fourth-order valence-electron chi connectivity index (χ4n) is 3.48. The van der Waals surface area contributed by atoms with Crippen LogP contribution in [-0.4, -0.2) is 16.6 Å². The third-order valence-corrected chi connectivity index (χ3v) is 4.55. The summed E-state index contributed by atoms with van der Waals surface area (Å²) >= 11 is 0. The molecule has 0 bridgehead atoms. The van der Waals surface area contributed by atoms with Gasteiger partial charge in [-0.25, -0.2) is 4.79 Å². The standard InChI is InChI=1S/C21H25NO2/c1-14-16-10-6-8-12-18(16)19-13-9-7-11-17(19)15(2)22(14)20(23)24-21(3,4)5/h6-15H,1-5H3/t14-,15-/m1/s1. The minimum absolute atomic E-state index is 0.0570. The highest BCUT2D eigenvalue weighted by Gasteiger charge is 2.35. The molecule has 1 aliphatic rings. The van der Waals surface area contributed by atoms with E-state index in [1.807, 2.05) is 37.8 Å². The Morgan fingerprint density at radius 2 is 1.29 bits per heavy atom. The van der Waals surface area contributed by atoms with Gasteiger partial charge in [-0.05, 0) is 56.9 Å². The van der Waals surface area contributed by atoms with Crippen molar-refractivity contribution in [1.82, 2.24) is 4.90 Å². The van der Waals surface area contributed by atoms with Gasteiger partial charge in [-0.3, -0.25) is 4.90 Å². The van der Waals surface area contributed by atoms with E-state index in [4.69, 9.17) is 4.74 Å². The summed E-state index contributed by atoms with van der Waals surface area (Å²) in [5.41, 5.74) is 4.18. The summed E-state index contributed by atoms with van der Waals surface area (Å²) in [7, 11) is 0. The average molecular weight is 323 g/mol. The molecule has 0 aromatic heterocycles.